The molecular weight excluding hydrogens is 829 g/mol. The molecule has 0 bridgehead atoms. The number of pyridine rings is 1. The Morgan fingerprint density at radius 1 is 1.18 bits per heavy atom. The maximum Gasteiger partial charge on any atom is 0.407 e. The van der Waals surface area contributed by atoms with E-state index in [4.69, 9.17) is 19.2 Å². The Labute approximate surface area is 366 Å². The van der Waals surface area contributed by atoms with Crippen LogP contribution < -0.4 is 29.6 Å². The van der Waals surface area contributed by atoms with Gasteiger partial charge < -0.3 is 34.5 Å². The zero-order valence-electron chi connectivity index (χ0n) is 36.7. The Balaban J connectivity index is 0.000000713. The number of hydrogen-bond donors (Lipinski definition) is 3. The molecule has 18 heteroatoms. The van der Waals surface area contributed by atoms with E-state index in [2.05, 4.69) is 33.9 Å². The monoisotopic (exact) mass is 895 g/mol. The van der Waals surface area contributed by atoms with Gasteiger partial charge in [-0.25, -0.2) is 22.0 Å². The van der Waals surface area contributed by atoms with Crippen LogP contribution in [0.2, 0.25) is 0 Å². The lowest BCUT2D eigenvalue weighted by atomic mass is 9.88. The highest BCUT2D eigenvalue weighted by atomic mass is 32.2. The molecule has 3 N–H and O–H groups in total. The number of amides is 4. The number of aryl methyl sites for hydroxylation is 1. The summed E-state index contributed by atoms with van der Waals surface area (Å²) in [7, 11) is -1.00. The van der Waals surface area contributed by atoms with Crippen LogP contribution in [0.5, 0.6) is 17.5 Å². The number of nitrogens with one attached hydrogen (secondary N) is 3. The average molecular weight is 896 g/mol. The molecule has 1 saturated heterocycles. The first-order valence-electron chi connectivity index (χ1n) is 21.6. The van der Waals surface area contributed by atoms with Crippen molar-refractivity contribution in [3.05, 3.63) is 35.9 Å². The predicted octanol–water partition coefficient (Wildman–Crippen LogP) is 6.71. The molecule has 2 saturated carbocycles. The van der Waals surface area contributed by atoms with Crippen LogP contribution in [0, 0.1) is 17.8 Å². The molecule has 2 aromatic rings. The van der Waals surface area contributed by atoms with E-state index < -0.39 is 62.4 Å². The Morgan fingerprint density at radius 3 is 2.58 bits per heavy atom. The quantitative estimate of drug-likeness (QED) is 0.227. The number of allylic oxidation sites excluding steroid dienone is 1. The number of alkyl halides is 2. The second-order valence-corrected chi connectivity index (χ2v) is 20.3. The number of hydrogen-bond acceptors (Lipinski definition) is 11. The van der Waals surface area contributed by atoms with Gasteiger partial charge in [0, 0.05) is 41.0 Å². The summed E-state index contributed by atoms with van der Waals surface area (Å²) in [5.74, 6) is 0.367. The van der Waals surface area contributed by atoms with E-state index >= 15 is 0 Å². The molecule has 3 fully saturated rings. The molecule has 0 unspecified atom stereocenters. The highest BCUT2D eigenvalue weighted by Crippen LogP contribution is 2.48. The topological polar surface area (TPSA) is 192 Å². The van der Waals surface area contributed by atoms with Crippen molar-refractivity contribution in [2.75, 3.05) is 27.3 Å². The third-order valence-corrected chi connectivity index (χ3v) is 15.0. The predicted molar refractivity (Wildman–Crippen MR) is 233 cm³/mol. The lowest BCUT2D eigenvalue weighted by molar-refractivity contribution is -0.140. The van der Waals surface area contributed by atoms with Gasteiger partial charge in [-0.3, -0.25) is 19.1 Å². The van der Waals surface area contributed by atoms with E-state index in [1.807, 2.05) is 30.4 Å². The number of halogens is 2. The second kappa shape index (κ2) is 18.5. The molecule has 348 valence electrons. The second-order valence-electron chi connectivity index (χ2n) is 18.1. The minimum Gasteiger partial charge on any atom is -0.497 e. The maximum absolute atomic E-state index is 14.3. The van der Waals surface area contributed by atoms with Crippen molar-refractivity contribution in [1.29, 1.82) is 0 Å². The standard InChI is InChI=1S/C38H50N4O8S.C6H11F2NO2.3H2/c1-5-24-17-23(2)9-6-7-10-25-21-38(25,36(45)41-51(46,47)37(3)14-15-37)40-33(44)31-20-27(22-42(31)32(43)18-24)50-35-29-13-12-26(48-4)19-30(29)28-11-8-16-49-34(28)39-35;1-6(2,4(7)8)11-5(10)9-3;;;/h7,10,12-13,19,23-25,27,31H,5-6,8-9,11,14-18,20-22H2,1-4H3,(H,40,44)(H,41,45);4H,1-3H3,(H,9,10);3*1H/b10-7-;;;;/t23-,24+,25+,27+,31-,38+;;;;/m0..../s1. The van der Waals surface area contributed by atoms with E-state index in [1.54, 1.807) is 18.9 Å². The summed E-state index contributed by atoms with van der Waals surface area (Å²) in [4.78, 5) is 59.1. The number of carbonyl (C=O) groups excluding carboxylic acids is 4. The summed E-state index contributed by atoms with van der Waals surface area (Å²) >= 11 is 0. The van der Waals surface area contributed by atoms with Gasteiger partial charge in [0.05, 0.1) is 25.0 Å². The molecule has 62 heavy (non-hydrogen) atoms. The van der Waals surface area contributed by atoms with E-state index in [1.165, 1.54) is 7.05 Å². The molecule has 0 radical (unpaired) electrons. The first-order valence-corrected chi connectivity index (χ1v) is 23.1. The SMILES string of the molecule is CC[C@H]1CC(=O)N2C[C@H](Oc3nc4c(c5cc(OC)ccc35)CCCO4)C[C@H]2C(=O)N[C@]2(C(=O)NS(=O)(=O)C3(C)CC3)C[C@H]2/C=C\CC[C@H](C)C1.CNC(=O)OC(C)(C)C(F)F.[HH].[HH].[HH]. The van der Waals surface area contributed by atoms with Gasteiger partial charge in [0.15, 0.2) is 5.60 Å². The van der Waals surface area contributed by atoms with Crippen LogP contribution in [0.25, 0.3) is 10.8 Å². The van der Waals surface area contributed by atoms with E-state index in [9.17, 15) is 36.4 Å². The van der Waals surface area contributed by atoms with Crippen LogP contribution in [0.3, 0.4) is 0 Å². The first-order chi connectivity index (χ1) is 29.3. The minimum absolute atomic E-state index is 0. The molecule has 3 aliphatic heterocycles. The van der Waals surface area contributed by atoms with Crippen LogP contribution in [0.4, 0.5) is 13.6 Å². The Hall–Kier alpha value is -4.74. The number of aromatic nitrogens is 1. The van der Waals surface area contributed by atoms with Crippen LogP contribution in [-0.2, 0) is 35.6 Å². The molecule has 4 heterocycles. The van der Waals surface area contributed by atoms with Crippen LogP contribution in [-0.4, -0.2) is 104 Å². The number of carbonyl (C=O) groups is 4. The van der Waals surface area contributed by atoms with Gasteiger partial charge in [0.1, 0.15) is 23.4 Å². The third kappa shape index (κ3) is 10.2. The van der Waals surface area contributed by atoms with Gasteiger partial charge in [-0.2, -0.15) is 4.98 Å². The number of methoxy groups -OCH3 is 1. The van der Waals surface area contributed by atoms with Gasteiger partial charge in [-0.1, -0.05) is 32.4 Å². The number of alkyl carbamates (subject to hydrolysis) is 1. The highest BCUT2D eigenvalue weighted by Gasteiger charge is 2.63. The number of ether oxygens (including phenoxy) is 4. The Kier molecular flexibility index (Phi) is 14.0. The maximum atomic E-state index is 14.3. The van der Waals surface area contributed by atoms with Gasteiger partial charge in [-0.05, 0) is 108 Å². The lowest BCUT2D eigenvalue weighted by Gasteiger charge is -2.28. The summed E-state index contributed by atoms with van der Waals surface area (Å²) in [6.45, 7) is 8.91. The van der Waals surface area contributed by atoms with Crippen molar-refractivity contribution < 1.29 is 59.6 Å². The molecule has 1 aromatic heterocycles. The molecule has 5 aliphatic rings. The normalized spacial score (nSPS) is 27.6. The highest BCUT2D eigenvalue weighted by molar-refractivity contribution is 7.91. The molecule has 15 nitrogen and oxygen atoms in total. The van der Waals surface area contributed by atoms with E-state index in [0.29, 0.717) is 49.3 Å². The number of benzene rings is 1. The fourth-order valence-corrected chi connectivity index (χ4v) is 9.65. The first kappa shape index (κ1) is 46.8. The zero-order valence-corrected chi connectivity index (χ0v) is 37.5. The zero-order chi connectivity index (χ0) is 45.2. The van der Waals surface area contributed by atoms with Gasteiger partial charge in [0.25, 0.3) is 12.3 Å². The molecule has 0 spiro atoms. The number of nitrogens with zero attached hydrogens (tertiary/aromatic N) is 2. The van der Waals surface area contributed by atoms with Gasteiger partial charge >= 0.3 is 6.09 Å². The summed E-state index contributed by atoms with van der Waals surface area (Å²) in [6, 6.07) is 4.79. The van der Waals surface area contributed by atoms with E-state index in [0.717, 1.165) is 68.7 Å². The molecule has 4 amide bonds. The largest absolute Gasteiger partial charge is 0.497 e. The van der Waals surface area contributed by atoms with Crippen LogP contribution >= 0.6 is 0 Å². The Bertz CT molecular complexity index is 2180. The van der Waals surface area contributed by atoms with Crippen molar-refractivity contribution in [2.24, 2.45) is 17.8 Å². The van der Waals surface area contributed by atoms with Crippen LogP contribution in [0.15, 0.2) is 30.4 Å². The molecule has 6 atom stereocenters. The van der Waals surface area contributed by atoms with Crippen molar-refractivity contribution in [3.63, 3.8) is 0 Å². The summed E-state index contributed by atoms with van der Waals surface area (Å²) in [6.07, 6.45) is 6.69. The van der Waals surface area contributed by atoms with E-state index in [-0.39, 0.29) is 41.4 Å². The third-order valence-electron chi connectivity index (χ3n) is 12.9. The molecule has 7 rings (SSSR count). The van der Waals surface area contributed by atoms with Crippen molar-refractivity contribution >= 4 is 44.6 Å². The smallest absolute Gasteiger partial charge is 0.407 e. The molecule has 2 aliphatic carbocycles. The van der Waals surface area contributed by atoms with Crippen molar-refractivity contribution in [1.82, 2.24) is 25.2 Å². The summed E-state index contributed by atoms with van der Waals surface area (Å²) in [5.41, 5.74) is -2.16. The van der Waals surface area contributed by atoms with Crippen molar-refractivity contribution in [3.8, 4) is 17.5 Å². The van der Waals surface area contributed by atoms with Crippen LogP contribution in [0.1, 0.15) is 109 Å². The number of rotatable bonds is 9. The van der Waals surface area contributed by atoms with Gasteiger partial charge in [-0.15, -0.1) is 0 Å². The van der Waals surface area contributed by atoms with Gasteiger partial charge in [0.2, 0.25) is 33.6 Å². The lowest BCUT2D eigenvalue weighted by Crippen LogP contribution is -2.57. The summed E-state index contributed by atoms with van der Waals surface area (Å²) < 4.78 is 73.9. The molecular formula is C44H67F2N5O10S. The minimum atomic E-state index is -3.93. The van der Waals surface area contributed by atoms with Crippen molar-refractivity contribution in [2.45, 2.75) is 140 Å². The number of sulfonamides is 1. The average Bonchev–Trinajstić information content (AvgIpc) is 4.11. The fourth-order valence-electron chi connectivity index (χ4n) is 8.34. The number of fused-ring (bicyclic) bond motifs is 5. The Morgan fingerprint density at radius 2 is 1.92 bits per heavy atom. The fraction of sp³-hybridized carbons (Fsp3) is 0.659. The molecule has 1 aromatic carbocycles. The summed E-state index contributed by atoms with van der Waals surface area (Å²) in [5, 5.41) is 6.75.